The summed E-state index contributed by atoms with van der Waals surface area (Å²) in [5.74, 6) is 0.756. The zero-order chi connectivity index (χ0) is 7.61. The zero-order valence-electron chi connectivity index (χ0n) is 6.69. The summed E-state index contributed by atoms with van der Waals surface area (Å²) in [5.41, 5.74) is 0.413. The van der Waals surface area contributed by atoms with Crippen LogP contribution in [0.2, 0.25) is 0 Å². The number of halogens is 1. The molecule has 0 amide bonds. The number of rotatable bonds is 2. The van der Waals surface area contributed by atoms with E-state index in [9.17, 15) is 0 Å². The average Bonchev–Trinajstić information content (AvgIpc) is 2.38. The van der Waals surface area contributed by atoms with Gasteiger partial charge in [-0.1, -0.05) is 29.8 Å². The SMILES string of the molecule is CC(C)(CBr)C1CCOC1. The lowest BCUT2D eigenvalue weighted by atomic mass is 9.80. The van der Waals surface area contributed by atoms with Crippen molar-refractivity contribution in [2.24, 2.45) is 11.3 Å². The third-order valence-corrected chi connectivity index (χ3v) is 3.82. The zero-order valence-corrected chi connectivity index (χ0v) is 8.28. The molecule has 2 heteroatoms. The van der Waals surface area contributed by atoms with Gasteiger partial charge in [0.25, 0.3) is 0 Å². The van der Waals surface area contributed by atoms with Gasteiger partial charge in [-0.05, 0) is 17.8 Å². The maximum Gasteiger partial charge on any atom is 0.0500 e. The van der Waals surface area contributed by atoms with Crippen LogP contribution in [-0.4, -0.2) is 18.5 Å². The second kappa shape index (κ2) is 3.22. The van der Waals surface area contributed by atoms with E-state index in [4.69, 9.17) is 4.74 Å². The third kappa shape index (κ3) is 1.73. The Kier molecular flexibility index (Phi) is 2.75. The Hall–Kier alpha value is 0.440. The number of hydrogen-bond acceptors (Lipinski definition) is 1. The summed E-state index contributed by atoms with van der Waals surface area (Å²) in [7, 11) is 0. The van der Waals surface area contributed by atoms with E-state index < -0.39 is 0 Å². The minimum atomic E-state index is 0.413. The van der Waals surface area contributed by atoms with Gasteiger partial charge in [-0.2, -0.15) is 0 Å². The van der Waals surface area contributed by atoms with Gasteiger partial charge in [-0.3, -0.25) is 0 Å². The predicted molar refractivity (Wildman–Crippen MR) is 46.5 cm³/mol. The van der Waals surface area contributed by atoms with Gasteiger partial charge >= 0.3 is 0 Å². The largest absolute Gasteiger partial charge is 0.381 e. The molecule has 1 nitrogen and oxygen atoms in total. The van der Waals surface area contributed by atoms with Gasteiger partial charge in [0, 0.05) is 11.9 Å². The van der Waals surface area contributed by atoms with Crippen molar-refractivity contribution < 1.29 is 4.74 Å². The first-order valence-corrected chi connectivity index (χ1v) is 4.92. The molecule has 0 aliphatic carbocycles. The van der Waals surface area contributed by atoms with E-state index in [1.165, 1.54) is 6.42 Å². The van der Waals surface area contributed by atoms with Crippen molar-refractivity contribution in [1.29, 1.82) is 0 Å². The molecule has 1 rings (SSSR count). The molecule has 0 aromatic carbocycles. The van der Waals surface area contributed by atoms with Crippen molar-refractivity contribution >= 4 is 15.9 Å². The molecule has 1 saturated heterocycles. The first kappa shape index (κ1) is 8.54. The fourth-order valence-electron chi connectivity index (χ4n) is 1.26. The molecule has 1 unspecified atom stereocenters. The van der Waals surface area contributed by atoms with Crippen molar-refractivity contribution in [2.45, 2.75) is 20.3 Å². The summed E-state index contributed by atoms with van der Waals surface area (Å²) in [6, 6.07) is 0. The van der Waals surface area contributed by atoms with Crippen LogP contribution in [0.3, 0.4) is 0 Å². The van der Waals surface area contributed by atoms with Crippen LogP contribution < -0.4 is 0 Å². The highest BCUT2D eigenvalue weighted by molar-refractivity contribution is 9.09. The maximum absolute atomic E-state index is 5.32. The van der Waals surface area contributed by atoms with Crippen molar-refractivity contribution in [3.05, 3.63) is 0 Å². The van der Waals surface area contributed by atoms with E-state index in [0.717, 1.165) is 24.5 Å². The first-order chi connectivity index (χ1) is 4.67. The standard InChI is InChI=1S/C8H15BrO/c1-8(2,6-9)7-3-4-10-5-7/h7H,3-6H2,1-2H3. The van der Waals surface area contributed by atoms with Gasteiger partial charge < -0.3 is 4.74 Å². The van der Waals surface area contributed by atoms with Crippen LogP contribution in [0.25, 0.3) is 0 Å². The Labute approximate surface area is 71.3 Å². The summed E-state index contributed by atoms with van der Waals surface area (Å²) in [6.07, 6.45) is 1.23. The van der Waals surface area contributed by atoms with E-state index in [1.807, 2.05) is 0 Å². The molecule has 0 aromatic rings. The van der Waals surface area contributed by atoms with Gasteiger partial charge in [0.05, 0.1) is 6.61 Å². The van der Waals surface area contributed by atoms with Gasteiger partial charge in [-0.15, -0.1) is 0 Å². The van der Waals surface area contributed by atoms with E-state index in [-0.39, 0.29) is 0 Å². The molecular weight excluding hydrogens is 192 g/mol. The van der Waals surface area contributed by atoms with Crippen LogP contribution in [-0.2, 0) is 4.74 Å². The van der Waals surface area contributed by atoms with Crippen LogP contribution in [0.4, 0.5) is 0 Å². The van der Waals surface area contributed by atoms with Crippen LogP contribution in [0.15, 0.2) is 0 Å². The van der Waals surface area contributed by atoms with Crippen molar-refractivity contribution in [3.63, 3.8) is 0 Å². The second-order valence-electron chi connectivity index (χ2n) is 3.68. The summed E-state index contributed by atoms with van der Waals surface area (Å²) >= 11 is 3.53. The monoisotopic (exact) mass is 206 g/mol. The van der Waals surface area contributed by atoms with Crippen LogP contribution in [0, 0.1) is 11.3 Å². The van der Waals surface area contributed by atoms with E-state index in [0.29, 0.717) is 5.41 Å². The molecule has 0 spiro atoms. The van der Waals surface area contributed by atoms with Gasteiger partial charge in [0.1, 0.15) is 0 Å². The molecule has 1 atom stereocenters. The molecule has 0 aromatic heterocycles. The smallest absolute Gasteiger partial charge is 0.0500 e. The normalized spacial score (nSPS) is 27.3. The molecule has 10 heavy (non-hydrogen) atoms. The fourth-order valence-corrected chi connectivity index (χ4v) is 1.72. The topological polar surface area (TPSA) is 9.23 Å². The Morgan fingerprint density at radius 3 is 2.70 bits per heavy atom. The minimum absolute atomic E-state index is 0.413. The Morgan fingerprint density at radius 2 is 2.30 bits per heavy atom. The lowest BCUT2D eigenvalue weighted by Crippen LogP contribution is -2.25. The molecule has 1 heterocycles. The lowest BCUT2D eigenvalue weighted by Gasteiger charge is -2.27. The highest BCUT2D eigenvalue weighted by Crippen LogP contribution is 2.34. The lowest BCUT2D eigenvalue weighted by molar-refractivity contribution is 0.154. The molecule has 0 N–H and O–H groups in total. The number of hydrogen-bond donors (Lipinski definition) is 0. The van der Waals surface area contributed by atoms with Gasteiger partial charge in [0.15, 0.2) is 0 Å². The Bertz CT molecular complexity index is 106. The van der Waals surface area contributed by atoms with Crippen molar-refractivity contribution in [2.75, 3.05) is 18.5 Å². The van der Waals surface area contributed by atoms with Crippen LogP contribution in [0.5, 0.6) is 0 Å². The molecule has 0 bridgehead atoms. The summed E-state index contributed by atoms with van der Waals surface area (Å²) < 4.78 is 5.32. The van der Waals surface area contributed by atoms with Crippen LogP contribution >= 0.6 is 15.9 Å². The summed E-state index contributed by atoms with van der Waals surface area (Å²) in [4.78, 5) is 0. The second-order valence-corrected chi connectivity index (χ2v) is 4.24. The van der Waals surface area contributed by atoms with Gasteiger partial charge in [0.2, 0.25) is 0 Å². The van der Waals surface area contributed by atoms with Crippen LogP contribution in [0.1, 0.15) is 20.3 Å². The first-order valence-electron chi connectivity index (χ1n) is 3.80. The highest BCUT2D eigenvalue weighted by Gasteiger charge is 2.31. The quantitative estimate of drug-likeness (QED) is 0.632. The summed E-state index contributed by atoms with van der Waals surface area (Å²) in [5, 5.41) is 1.08. The highest BCUT2D eigenvalue weighted by atomic mass is 79.9. The summed E-state index contributed by atoms with van der Waals surface area (Å²) in [6.45, 7) is 6.50. The molecule has 1 aliphatic heterocycles. The number of alkyl halides is 1. The Balaban J connectivity index is 2.45. The van der Waals surface area contributed by atoms with E-state index >= 15 is 0 Å². The van der Waals surface area contributed by atoms with Crippen molar-refractivity contribution in [3.8, 4) is 0 Å². The molecular formula is C8H15BrO. The van der Waals surface area contributed by atoms with E-state index in [2.05, 4.69) is 29.8 Å². The van der Waals surface area contributed by atoms with E-state index in [1.54, 1.807) is 0 Å². The molecule has 0 radical (unpaired) electrons. The number of ether oxygens (including phenoxy) is 1. The van der Waals surface area contributed by atoms with Gasteiger partial charge in [-0.25, -0.2) is 0 Å². The van der Waals surface area contributed by atoms with Crippen molar-refractivity contribution in [1.82, 2.24) is 0 Å². The minimum Gasteiger partial charge on any atom is -0.381 e. The molecule has 1 aliphatic rings. The molecule has 1 fully saturated rings. The average molecular weight is 207 g/mol. The Morgan fingerprint density at radius 1 is 1.60 bits per heavy atom. The maximum atomic E-state index is 5.32. The molecule has 60 valence electrons. The molecule has 0 saturated carbocycles. The third-order valence-electron chi connectivity index (χ3n) is 2.38. The predicted octanol–water partition coefficient (Wildman–Crippen LogP) is 2.44. The fraction of sp³-hybridized carbons (Fsp3) is 1.00.